The number of fused-ring (bicyclic) bond motifs is 1. The molecule has 0 unspecified atom stereocenters. The molecule has 2 aromatic carbocycles. The van der Waals surface area contributed by atoms with Gasteiger partial charge in [0.15, 0.2) is 5.69 Å². The quantitative estimate of drug-likeness (QED) is 0.494. The molecular formula is C25H28ClN3O. The van der Waals surface area contributed by atoms with Crippen molar-refractivity contribution in [3.8, 4) is 11.4 Å². The van der Waals surface area contributed by atoms with E-state index in [1.165, 1.54) is 12.0 Å². The number of halogens is 1. The predicted molar refractivity (Wildman–Crippen MR) is 123 cm³/mol. The van der Waals surface area contributed by atoms with E-state index in [1.54, 1.807) is 0 Å². The summed E-state index contributed by atoms with van der Waals surface area (Å²) in [6.45, 7) is 5.65. The Kier molecular flexibility index (Phi) is 6.24. The number of carbonyl (C=O) groups is 1. The molecule has 1 aliphatic heterocycles. The molecule has 3 aromatic rings. The first-order chi connectivity index (χ1) is 14.6. The highest BCUT2D eigenvalue weighted by Gasteiger charge is 2.27. The summed E-state index contributed by atoms with van der Waals surface area (Å²) in [5, 5.41) is 0.699. The lowest BCUT2D eigenvalue weighted by Crippen LogP contribution is -2.31. The van der Waals surface area contributed by atoms with Crippen LogP contribution in [0.2, 0.25) is 5.02 Å². The van der Waals surface area contributed by atoms with E-state index in [2.05, 4.69) is 23.6 Å². The Bertz CT molecular complexity index is 1020. The van der Waals surface area contributed by atoms with Gasteiger partial charge in [-0.2, -0.15) is 0 Å². The van der Waals surface area contributed by atoms with Crippen LogP contribution in [-0.2, 0) is 19.4 Å². The van der Waals surface area contributed by atoms with Crippen LogP contribution in [0.25, 0.3) is 11.4 Å². The molecule has 0 saturated heterocycles. The number of carbonyl (C=O) groups excluding carboxylic acids is 1. The summed E-state index contributed by atoms with van der Waals surface area (Å²) in [7, 11) is 0. The number of hydrogen-bond donors (Lipinski definition) is 0. The van der Waals surface area contributed by atoms with Gasteiger partial charge in [-0.1, -0.05) is 37.1 Å². The maximum Gasteiger partial charge on any atom is 0.278 e. The summed E-state index contributed by atoms with van der Waals surface area (Å²) in [5.74, 6) is 0.844. The second-order valence-electron chi connectivity index (χ2n) is 7.77. The molecule has 30 heavy (non-hydrogen) atoms. The third-order valence-electron chi connectivity index (χ3n) is 5.89. The summed E-state index contributed by atoms with van der Waals surface area (Å²) in [5.41, 5.74) is 4.83. The minimum Gasteiger partial charge on any atom is -0.327 e. The van der Waals surface area contributed by atoms with Gasteiger partial charge in [0.1, 0.15) is 5.82 Å². The van der Waals surface area contributed by atoms with E-state index in [-0.39, 0.29) is 5.91 Å². The molecule has 4 nitrogen and oxygen atoms in total. The van der Waals surface area contributed by atoms with Crippen LogP contribution >= 0.6 is 11.6 Å². The number of amides is 1. The van der Waals surface area contributed by atoms with Crippen LogP contribution < -0.4 is 4.90 Å². The van der Waals surface area contributed by atoms with Crippen molar-refractivity contribution >= 4 is 23.2 Å². The van der Waals surface area contributed by atoms with Gasteiger partial charge in [0.05, 0.1) is 5.69 Å². The summed E-state index contributed by atoms with van der Waals surface area (Å²) < 4.78 is 2.25. The largest absolute Gasteiger partial charge is 0.327 e. The van der Waals surface area contributed by atoms with Gasteiger partial charge in [0, 0.05) is 29.4 Å². The van der Waals surface area contributed by atoms with E-state index >= 15 is 0 Å². The Morgan fingerprint density at radius 1 is 1.03 bits per heavy atom. The molecule has 0 atom stereocenters. The lowest BCUT2D eigenvalue weighted by atomic mass is 10.1. The molecule has 5 heteroatoms. The van der Waals surface area contributed by atoms with Gasteiger partial charge in [-0.25, -0.2) is 4.98 Å². The fourth-order valence-corrected chi connectivity index (χ4v) is 4.32. The first-order valence-electron chi connectivity index (χ1n) is 10.9. The van der Waals surface area contributed by atoms with E-state index < -0.39 is 0 Å². The van der Waals surface area contributed by atoms with E-state index in [0.717, 1.165) is 55.0 Å². The zero-order chi connectivity index (χ0) is 21.1. The molecule has 0 spiro atoms. The fraction of sp³-hybridized carbons (Fsp3) is 0.360. The number of benzene rings is 2. The van der Waals surface area contributed by atoms with Gasteiger partial charge >= 0.3 is 0 Å². The average molecular weight is 422 g/mol. The van der Waals surface area contributed by atoms with Crippen LogP contribution in [0.4, 0.5) is 5.69 Å². The molecular weight excluding hydrogens is 394 g/mol. The highest BCUT2D eigenvalue weighted by atomic mass is 35.5. The molecule has 1 aromatic heterocycles. The second kappa shape index (κ2) is 9.05. The van der Waals surface area contributed by atoms with Gasteiger partial charge in [0.2, 0.25) is 0 Å². The van der Waals surface area contributed by atoms with Crippen molar-refractivity contribution in [3.63, 3.8) is 0 Å². The smallest absolute Gasteiger partial charge is 0.278 e. The van der Waals surface area contributed by atoms with E-state index in [0.29, 0.717) is 17.3 Å². The topological polar surface area (TPSA) is 38.1 Å². The monoisotopic (exact) mass is 421 g/mol. The lowest BCUT2D eigenvalue weighted by molar-refractivity contribution is 0.0983. The Morgan fingerprint density at radius 2 is 1.77 bits per heavy atom. The zero-order valence-electron chi connectivity index (χ0n) is 17.7. The maximum atomic E-state index is 13.6. The van der Waals surface area contributed by atoms with Crippen LogP contribution in [0.3, 0.4) is 0 Å². The first kappa shape index (κ1) is 20.7. The van der Waals surface area contributed by atoms with Crippen molar-refractivity contribution in [2.45, 2.75) is 52.5 Å². The first-order valence-corrected chi connectivity index (χ1v) is 11.3. The molecule has 4 rings (SSSR count). The Balaban J connectivity index is 1.76. The summed E-state index contributed by atoms with van der Waals surface area (Å²) in [6.07, 6.45) is 5.23. The number of rotatable bonds is 5. The molecule has 0 saturated carbocycles. The van der Waals surface area contributed by atoms with Crippen LogP contribution in [0.5, 0.6) is 0 Å². The molecule has 0 aliphatic carbocycles. The normalized spacial score (nSPS) is 13.6. The van der Waals surface area contributed by atoms with Gasteiger partial charge in [-0.15, -0.1) is 0 Å². The lowest BCUT2D eigenvalue weighted by Gasteiger charge is -2.21. The fourth-order valence-electron chi connectivity index (χ4n) is 4.19. The van der Waals surface area contributed by atoms with Crippen LogP contribution in [0.15, 0.2) is 48.5 Å². The molecule has 2 heterocycles. The van der Waals surface area contributed by atoms with Crippen molar-refractivity contribution in [1.29, 1.82) is 0 Å². The van der Waals surface area contributed by atoms with Crippen molar-refractivity contribution in [2.75, 3.05) is 11.4 Å². The highest BCUT2D eigenvalue weighted by Crippen LogP contribution is 2.29. The summed E-state index contributed by atoms with van der Waals surface area (Å²) >= 11 is 6.09. The van der Waals surface area contributed by atoms with Crippen LogP contribution in [0, 0.1) is 0 Å². The molecule has 0 radical (unpaired) electrons. The average Bonchev–Trinajstić information content (AvgIpc) is 2.96. The van der Waals surface area contributed by atoms with Crippen molar-refractivity contribution in [2.24, 2.45) is 0 Å². The Labute approximate surface area is 183 Å². The number of nitrogens with zero attached hydrogens (tertiary/aromatic N) is 3. The SMILES string of the molecule is CCc1ccc(N(CC)C(=O)c2nc(-c3ccc(Cl)cc3)n3c2CCCCC3)cc1. The minimum atomic E-state index is -0.0207. The van der Waals surface area contributed by atoms with Gasteiger partial charge in [-0.3, -0.25) is 4.79 Å². The number of aryl methyl sites for hydroxylation is 1. The molecule has 0 bridgehead atoms. The van der Waals surface area contributed by atoms with Crippen molar-refractivity contribution in [1.82, 2.24) is 9.55 Å². The van der Waals surface area contributed by atoms with Crippen molar-refractivity contribution in [3.05, 3.63) is 70.5 Å². The van der Waals surface area contributed by atoms with E-state index in [1.807, 2.05) is 48.2 Å². The second-order valence-corrected chi connectivity index (χ2v) is 8.21. The zero-order valence-corrected chi connectivity index (χ0v) is 18.5. The molecule has 1 amide bonds. The predicted octanol–water partition coefficient (Wildman–Crippen LogP) is 6.16. The Morgan fingerprint density at radius 3 is 2.43 bits per heavy atom. The van der Waals surface area contributed by atoms with Crippen molar-refractivity contribution < 1.29 is 4.79 Å². The summed E-state index contributed by atoms with van der Waals surface area (Å²) in [4.78, 5) is 20.4. The maximum absolute atomic E-state index is 13.6. The van der Waals surface area contributed by atoms with Crippen LogP contribution in [0.1, 0.15) is 54.9 Å². The highest BCUT2D eigenvalue weighted by molar-refractivity contribution is 6.30. The number of aromatic nitrogens is 2. The van der Waals surface area contributed by atoms with Gasteiger partial charge in [0.25, 0.3) is 5.91 Å². The summed E-state index contributed by atoms with van der Waals surface area (Å²) in [6, 6.07) is 16.0. The Hall–Kier alpha value is -2.59. The molecule has 0 N–H and O–H groups in total. The third kappa shape index (κ3) is 4.01. The molecule has 1 aliphatic rings. The number of imidazole rings is 1. The molecule has 156 valence electrons. The molecule has 0 fully saturated rings. The van der Waals surface area contributed by atoms with Gasteiger partial charge < -0.3 is 9.47 Å². The number of anilines is 1. The van der Waals surface area contributed by atoms with E-state index in [4.69, 9.17) is 16.6 Å². The minimum absolute atomic E-state index is 0.0207. The standard InChI is InChI=1S/C25H28ClN3O/c1-3-18-9-15-21(16-10-18)28(4-2)25(30)23-22-8-6-5-7-17-29(22)24(27-23)19-11-13-20(26)14-12-19/h9-16H,3-8,17H2,1-2H3. The van der Waals surface area contributed by atoms with E-state index in [9.17, 15) is 4.79 Å². The van der Waals surface area contributed by atoms with Crippen LogP contribution in [-0.4, -0.2) is 22.0 Å². The number of hydrogen-bond acceptors (Lipinski definition) is 2. The third-order valence-corrected chi connectivity index (χ3v) is 6.14. The van der Waals surface area contributed by atoms with Gasteiger partial charge in [-0.05, 0) is 74.6 Å².